The summed E-state index contributed by atoms with van der Waals surface area (Å²) in [6, 6.07) is 8.97. The van der Waals surface area contributed by atoms with Crippen molar-refractivity contribution in [2.24, 2.45) is 5.16 Å². The average molecular weight is 723 g/mol. The Balaban J connectivity index is 1.05. The molecule has 254 valence electrons. The topological polar surface area (TPSA) is 190 Å². The van der Waals surface area contributed by atoms with Crippen LogP contribution < -0.4 is 20.7 Å². The quantitative estimate of drug-likeness (QED) is 0.0694. The number of amides is 2. The van der Waals surface area contributed by atoms with Gasteiger partial charge in [-0.2, -0.15) is 0 Å². The van der Waals surface area contributed by atoms with Gasteiger partial charge >= 0.3 is 5.65 Å². The van der Waals surface area contributed by atoms with Crippen LogP contribution in [0.5, 0.6) is 0 Å². The predicted octanol–water partition coefficient (Wildman–Crippen LogP) is 0.644. The number of aliphatic carboxylic acids is 1. The molecule has 0 bridgehead atoms. The molecule has 3 aliphatic rings. The first-order valence-corrected chi connectivity index (χ1v) is 17.6. The van der Waals surface area contributed by atoms with Gasteiger partial charge in [-0.1, -0.05) is 52.4 Å². The minimum atomic E-state index is -1.47. The molecule has 6 heterocycles. The molecule has 0 saturated carbocycles. The molecule has 0 aliphatic carbocycles. The fraction of sp³-hybridized carbons (Fsp3) is 0.323. The number of β-lactam (4-membered cyclic amide) rings is 1. The monoisotopic (exact) mass is 722 g/mol. The number of imidazole rings is 1. The third-order valence-electron chi connectivity index (χ3n) is 8.70. The van der Waals surface area contributed by atoms with Crippen LogP contribution >= 0.6 is 34.7 Å². The number of rotatable bonds is 10. The van der Waals surface area contributed by atoms with E-state index in [4.69, 9.17) is 27.6 Å². The number of fused-ring (bicyclic) bond motifs is 2. The molecule has 0 radical (unpaired) electrons. The summed E-state index contributed by atoms with van der Waals surface area (Å²) in [6.07, 6.45) is 7.95. The highest BCUT2D eigenvalue weighted by molar-refractivity contribution is 8.00. The Kier molecular flexibility index (Phi) is 8.81. The molecule has 0 unspecified atom stereocenters. The summed E-state index contributed by atoms with van der Waals surface area (Å²) in [5.74, 6) is -1.99. The maximum atomic E-state index is 13.3. The molecule has 1 aromatic carbocycles. The number of nitrogens with zero attached hydrogens (tertiary/aromatic N) is 7. The van der Waals surface area contributed by atoms with E-state index in [0.29, 0.717) is 18.0 Å². The van der Waals surface area contributed by atoms with E-state index in [-0.39, 0.29) is 38.9 Å². The number of benzene rings is 1. The summed E-state index contributed by atoms with van der Waals surface area (Å²) in [6.45, 7) is 2.66. The third-order valence-corrected chi connectivity index (χ3v) is 11.1. The van der Waals surface area contributed by atoms with E-state index in [2.05, 4.69) is 24.9 Å². The second-order valence-electron chi connectivity index (χ2n) is 11.7. The minimum absolute atomic E-state index is 0.0117. The van der Waals surface area contributed by atoms with Crippen LogP contribution in [0.25, 0.3) is 5.65 Å². The molecule has 2 saturated heterocycles. The number of hydrogen-bond donors (Lipinski definition) is 3. The van der Waals surface area contributed by atoms with E-state index in [9.17, 15) is 19.5 Å². The van der Waals surface area contributed by atoms with Gasteiger partial charge in [0.1, 0.15) is 47.1 Å². The van der Waals surface area contributed by atoms with Crippen LogP contribution in [0.3, 0.4) is 0 Å². The number of aromatic nitrogens is 4. The van der Waals surface area contributed by atoms with Gasteiger partial charge in [0.2, 0.25) is 0 Å². The highest BCUT2D eigenvalue weighted by Gasteiger charge is 2.53. The van der Waals surface area contributed by atoms with E-state index < -0.39 is 29.2 Å². The standard InChI is InChI=1S/C31H31ClN10O5S2/c1-47-37-22(21-25(32)49-31(34)36-21)27(43)35-23-28(44)42-24(30(45)46)19(16-48-29(23)42)15-40-11-8-20-39(12-13-41(20)40)14-17-4-6-18(7-5-17)26(33)38-9-2-3-10-38/h4-8,11-13,23,29,33H,2-3,9-10,14-16H2,1H3,(H3-,34,35,36,43,45,46)/b33-26?,37-22-/t23-,29-/m1/s1. The van der Waals surface area contributed by atoms with Crippen molar-refractivity contribution in [2.75, 3.05) is 31.7 Å². The zero-order valence-corrected chi connectivity index (χ0v) is 28.6. The van der Waals surface area contributed by atoms with Gasteiger partial charge in [0.15, 0.2) is 17.0 Å². The highest BCUT2D eigenvalue weighted by atomic mass is 35.5. The number of anilines is 1. The Labute approximate surface area is 293 Å². The lowest BCUT2D eigenvalue weighted by Crippen LogP contribution is -2.71. The molecule has 4 aromatic rings. The smallest absolute Gasteiger partial charge is 0.307 e. The SMILES string of the molecule is CO/N=C(\C(=O)N[C@@H]1C(=O)N2C(C(=O)[O-])=C(Cn3ccc4n3cc[n+]4Cc3ccc(C(=N)N4CCCC4)cc3)CS[C@H]12)c1nc(N)sc1Cl. The van der Waals surface area contributed by atoms with Crippen molar-refractivity contribution in [1.82, 2.24) is 29.3 Å². The lowest BCUT2D eigenvalue weighted by atomic mass is 10.0. The molecule has 0 spiro atoms. The number of thioether (sulfide) groups is 1. The number of carbonyl (C=O) groups is 3. The van der Waals surface area contributed by atoms with Crippen LogP contribution in [0, 0.1) is 5.41 Å². The number of hydrogen-bond acceptors (Lipinski definition) is 11. The van der Waals surface area contributed by atoms with E-state index in [1.165, 1.54) is 18.9 Å². The Morgan fingerprint density at radius 1 is 1.22 bits per heavy atom. The number of amidine groups is 1. The summed E-state index contributed by atoms with van der Waals surface area (Å²) >= 11 is 8.46. The van der Waals surface area contributed by atoms with Gasteiger partial charge in [0.05, 0.1) is 30.5 Å². The normalized spacial score (nSPS) is 19.3. The first-order chi connectivity index (χ1) is 23.6. The van der Waals surface area contributed by atoms with Crippen molar-refractivity contribution < 1.29 is 28.9 Å². The van der Waals surface area contributed by atoms with Gasteiger partial charge in [-0.15, -0.1) is 16.3 Å². The maximum Gasteiger partial charge on any atom is 0.307 e. The zero-order valence-electron chi connectivity index (χ0n) is 26.2. The van der Waals surface area contributed by atoms with E-state index in [1.54, 1.807) is 0 Å². The number of nitrogens with two attached hydrogens (primary N) is 1. The third kappa shape index (κ3) is 6.02. The molecular formula is C31H31ClN10O5S2. The van der Waals surface area contributed by atoms with Gasteiger partial charge in [-0.05, 0) is 24.0 Å². The van der Waals surface area contributed by atoms with Crippen molar-refractivity contribution in [1.29, 1.82) is 5.41 Å². The summed E-state index contributed by atoms with van der Waals surface area (Å²) in [7, 11) is 1.25. The lowest BCUT2D eigenvalue weighted by Gasteiger charge is -2.50. The van der Waals surface area contributed by atoms with Gasteiger partial charge in [-0.25, -0.2) is 14.2 Å². The van der Waals surface area contributed by atoms with Crippen molar-refractivity contribution in [2.45, 2.75) is 37.3 Å². The number of carboxylic acids is 1. The van der Waals surface area contributed by atoms with E-state index in [0.717, 1.165) is 58.9 Å². The van der Waals surface area contributed by atoms with Gasteiger partial charge in [-0.3, -0.25) is 19.9 Å². The van der Waals surface area contributed by atoms with E-state index >= 15 is 0 Å². The number of nitrogen functional groups attached to an aromatic ring is 1. The molecule has 2 atom stereocenters. The fourth-order valence-corrected chi connectivity index (χ4v) is 8.60. The molecule has 15 nitrogen and oxygen atoms in total. The van der Waals surface area contributed by atoms with Crippen LogP contribution in [0.2, 0.25) is 4.34 Å². The molecule has 3 aliphatic heterocycles. The maximum absolute atomic E-state index is 13.3. The van der Waals surface area contributed by atoms with Gasteiger partial charge in [0, 0.05) is 24.4 Å². The van der Waals surface area contributed by atoms with Crippen LogP contribution in [0.15, 0.2) is 65.3 Å². The zero-order chi connectivity index (χ0) is 34.4. The Morgan fingerprint density at radius 2 is 1.98 bits per heavy atom. The number of carboxylic acid groups (broad SMARTS) is 1. The summed E-state index contributed by atoms with van der Waals surface area (Å²) in [4.78, 5) is 51.0. The predicted molar refractivity (Wildman–Crippen MR) is 181 cm³/mol. The second-order valence-corrected chi connectivity index (χ2v) is 14.4. The Morgan fingerprint density at radius 3 is 2.65 bits per heavy atom. The molecule has 7 rings (SSSR count). The Bertz CT molecular complexity index is 2050. The number of nitrogens with one attached hydrogen (secondary N) is 2. The van der Waals surface area contributed by atoms with Crippen LogP contribution in [0.4, 0.5) is 5.13 Å². The molecular weight excluding hydrogens is 692 g/mol. The number of thiazole rings is 1. The molecule has 2 amide bonds. The molecule has 3 aromatic heterocycles. The number of oxime groups is 1. The van der Waals surface area contributed by atoms with Gasteiger partial charge in [0.25, 0.3) is 11.8 Å². The molecule has 18 heteroatoms. The highest BCUT2D eigenvalue weighted by Crippen LogP contribution is 2.40. The molecule has 2 fully saturated rings. The fourth-order valence-electron chi connectivity index (χ4n) is 6.34. The number of carbonyl (C=O) groups excluding carboxylic acids is 3. The van der Waals surface area contributed by atoms with Crippen LogP contribution in [0.1, 0.15) is 29.7 Å². The minimum Gasteiger partial charge on any atom is -0.543 e. The largest absolute Gasteiger partial charge is 0.543 e. The lowest BCUT2D eigenvalue weighted by molar-refractivity contribution is -0.661. The Hall–Kier alpha value is -4.87. The number of halogens is 1. The van der Waals surface area contributed by atoms with E-state index in [1.807, 2.05) is 58.1 Å². The summed E-state index contributed by atoms with van der Waals surface area (Å²) in [5.41, 5.74) is 8.63. The molecule has 49 heavy (non-hydrogen) atoms. The van der Waals surface area contributed by atoms with Crippen LogP contribution in [-0.4, -0.2) is 90.7 Å². The number of likely N-dealkylation sites (tertiary alicyclic amines) is 1. The first kappa shape index (κ1) is 32.7. The first-order valence-electron chi connectivity index (χ1n) is 15.4. The van der Waals surface area contributed by atoms with Crippen molar-refractivity contribution in [3.8, 4) is 0 Å². The summed E-state index contributed by atoms with van der Waals surface area (Å²) in [5, 5.41) is 26.7. The average Bonchev–Trinajstić information content (AvgIpc) is 3.90. The van der Waals surface area contributed by atoms with Gasteiger partial charge < -0.3 is 30.7 Å². The van der Waals surface area contributed by atoms with Crippen molar-refractivity contribution in [3.63, 3.8) is 0 Å². The second kappa shape index (κ2) is 13.2. The molecule has 4 N–H and O–H groups in total. The summed E-state index contributed by atoms with van der Waals surface area (Å²) < 4.78 is 5.99. The van der Waals surface area contributed by atoms with Crippen molar-refractivity contribution in [3.05, 3.63) is 81.3 Å². The van der Waals surface area contributed by atoms with Crippen LogP contribution in [-0.2, 0) is 32.3 Å². The van der Waals surface area contributed by atoms with Crippen molar-refractivity contribution >= 4 is 74.8 Å².